The molecule has 0 aromatic heterocycles. The normalized spacial score (nSPS) is 10.4. The van der Waals surface area contributed by atoms with Crippen molar-refractivity contribution in [1.82, 2.24) is 5.32 Å². The van der Waals surface area contributed by atoms with Gasteiger partial charge in [-0.15, -0.1) is 0 Å². The molecule has 0 spiro atoms. The highest BCUT2D eigenvalue weighted by atomic mass is 32.1. The predicted octanol–water partition coefficient (Wildman–Crippen LogP) is 2.45. The van der Waals surface area contributed by atoms with Crippen LogP contribution in [0.25, 0.3) is 6.08 Å². The van der Waals surface area contributed by atoms with Crippen LogP contribution in [0, 0.1) is 5.82 Å². The van der Waals surface area contributed by atoms with Crippen molar-refractivity contribution in [3.05, 3.63) is 71.6 Å². The molecule has 4 N–H and O–H groups in total. The van der Waals surface area contributed by atoms with Gasteiger partial charge in [0.1, 0.15) is 5.82 Å². The first-order valence-electron chi connectivity index (χ1n) is 6.90. The van der Waals surface area contributed by atoms with Crippen molar-refractivity contribution in [3.8, 4) is 0 Å². The summed E-state index contributed by atoms with van der Waals surface area (Å²) in [7, 11) is 0. The van der Waals surface area contributed by atoms with Crippen molar-refractivity contribution in [2.75, 3.05) is 5.32 Å². The van der Waals surface area contributed by atoms with Crippen LogP contribution in [0.1, 0.15) is 15.9 Å². The summed E-state index contributed by atoms with van der Waals surface area (Å²) in [4.78, 5) is 23.1. The monoisotopic (exact) mass is 343 g/mol. The molecule has 2 aromatic rings. The number of carbonyl (C=O) groups is 2. The van der Waals surface area contributed by atoms with Crippen LogP contribution in [0.15, 0.2) is 54.6 Å². The SMILES string of the molecule is NC(=O)c1ccccc1NC(=S)NC(=O)/C=C/c1ccc(F)cc1. The number of nitrogens with one attached hydrogen (secondary N) is 2. The molecule has 0 bridgehead atoms. The third-order valence-corrected chi connectivity index (χ3v) is 3.18. The molecule has 0 saturated carbocycles. The van der Waals surface area contributed by atoms with Gasteiger partial charge in [0.05, 0.1) is 11.3 Å². The first-order chi connectivity index (χ1) is 11.5. The van der Waals surface area contributed by atoms with Crippen LogP contribution >= 0.6 is 12.2 Å². The van der Waals surface area contributed by atoms with Crippen LogP contribution in [0.5, 0.6) is 0 Å². The summed E-state index contributed by atoms with van der Waals surface area (Å²) in [5, 5.41) is 5.21. The van der Waals surface area contributed by atoms with E-state index in [9.17, 15) is 14.0 Å². The zero-order valence-electron chi connectivity index (χ0n) is 12.5. The molecule has 122 valence electrons. The first-order valence-corrected chi connectivity index (χ1v) is 7.31. The van der Waals surface area contributed by atoms with E-state index < -0.39 is 11.8 Å². The van der Waals surface area contributed by atoms with Crippen molar-refractivity contribution in [2.45, 2.75) is 0 Å². The molecular weight excluding hydrogens is 329 g/mol. The maximum atomic E-state index is 12.8. The van der Waals surface area contributed by atoms with Crippen LogP contribution in [0.3, 0.4) is 0 Å². The molecule has 2 rings (SSSR count). The van der Waals surface area contributed by atoms with E-state index in [1.54, 1.807) is 36.4 Å². The van der Waals surface area contributed by atoms with Crippen molar-refractivity contribution in [3.63, 3.8) is 0 Å². The number of hydrogen-bond acceptors (Lipinski definition) is 3. The number of nitrogens with two attached hydrogens (primary N) is 1. The largest absolute Gasteiger partial charge is 0.366 e. The Morgan fingerprint density at radius 1 is 1.08 bits per heavy atom. The van der Waals surface area contributed by atoms with Crippen molar-refractivity contribution >= 4 is 40.9 Å². The Bertz CT molecular complexity index is 804. The molecule has 2 amide bonds. The van der Waals surface area contributed by atoms with Gasteiger partial charge in [0.15, 0.2) is 5.11 Å². The molecule has 7 heteroatoms. The van der Waals surface area contributed by atoms with Crippen molar-refractivity contribution in [1.29, 1.82) is 0 Å². The molecule has 0 aliphatic heterocycles. The standard InChI is InChI=1S/C17H14FN3O2S/c18-12-8-5-11(6-9-12)7-10-15(22)21-17(24)20-14-4-2-1-3-13(14)16(19)23/h1-10H,(H2,19,23)(H2,20,21,22,24)/b10-7+. The number of benzene rings is 2. The number of halogens is 1. The highest BCUT2D eigenvalue weighted by Crippen LogP contribution is 2.13. The number of thiocarbonyl (C=S) groups is 1. The quantitative estimate of drug-likeness (QED) is 0.588. The van der Waals surface area contributed by atoms with Gasteiger partial charge in [-0.05, 0) is 48.1 Å². The van der Waals surface area contributed by atoms with E-state index in [-0.39, 0.29) is 16.5 Å². The summed E-state index contributed by atoms with van der Waals surface area (Å²) in [6, 6.07) is 12.2. The lowest BCUT2D eigenvalue weighted by Crippen LogP contribution is -2.33. The van der Waals surface area contributed by atoms with Gasteiger partial charge in [0, 0.05) is 6.08 Å². The number of para-hydroxylation sites is 1. The van der Waals surface area contributed by atoms with Gasteiger partial charge in [0.2, 0.25) is 5.91 Å². The summed E-state index contributed by atoms with van der Waals surface area (Å²) in [5.74, 6) is -1.42. The second-order valence-electron chi connectivity index (χ2n) is 4.74. The Morgan fingerprint density at radius 3 is 2.42 bits per heavy atom. The lowest BCUT2D eigenvalue weighted by molar-refractivity contribution is -0.115. The Labute approximate surface area is 143 Å². The van der Waals surface area contributed by atoms with Crippen molar-refractivity contribution < 1.29 is 14.0 Å². The molecule has 0 unspecified atom stereocenters. The fourth-order valence-electron chi connectivity index (χ4n) is 1.86. The second kappa shape index (κ2) is 7.98. The van der Waals surface area contributed by atoms with Gasteiger partial charge in [-0.1, -0.05) is 24.3 Å². The van der Waals surface area contributed by atoms with Gasteiger partial charge in [-0.3, -0.25) is 14.9 Å². The Kier molecular flexibility index (Phi) is 5.75. The summed E-state index contributed by atoms with van der Waals surface area (Å²) in [5.41, 5.74) is 6.60. The van der Waals surface area contributed by atoms with Crippen LogP contribution in [-0.2, 0) is 4.79 Å². The first kappa shape index (κ1) is 17.3. The molecule has 0 aliphatic rings. The second-order valence-corrected chi connectivity index (χ2v) is 5.15. The lowest BCUT2D eigenvalue weighted by atomic mass is 10.1. The summed E-state index contributed by atoms with van der Waals surface area (Å²) in [6.45, 7) is 0. The number of hydrogen-bond donors (Lipinski definition) is 3. The van der Waals surface area contributed by atoms with Gasteiger partial charge >= 0.3 is 0 Å². The van der Waals surface area contributed by atoms with Gasteiger partial charge in [0.25, 0.3) is 5.91 Å². The third-order valence-electron chi connectivity index (χ3n) is 2.97. The fraction of sp³-hybridized carbons (Fsp3) is 0. The van der Waals surface area contributed by atoms with Crippen LogP contribution in [-0.4, -0.2) is 16.9 Å². The molecule has 0 radical (unpaired) electrons. The Hall–Kier alpha value is -3.06. The summed E-state index contributed by atoms with van der Waals surface area (Å²) >= 11 is 5.03. The van der Waals surface area contributed by atoms with Crippen LogP contribution < -0.4 is 16.4 Å². The zero-order chi connectivity index (χ0) is 17.5. The highest BCUT2D eigenvalue weighted by molar-refractivity contribution is 7.80. The van der Waals surface area contributed by atoms with E-state index in [2.05, 4.69) is 10.6 Å². The predicted molar refractivity (Wildman–Crippen MR) is 94.8 cm³/mol. The maximum absolute atomic E-state index is 12.8. The average Bonchev–Trinajstić information content (AvgIpc) is 2.54. The number of rotatable bonds is 4. The third kappa shape index (κ3) is 4.99. The smallest absolute Gasteiger partial charge is 0.250 e. The summed E-state index contributed by atoms with van der Waals surface area (Å²) < 4.78 is 12.8. The molecule has 5 nitrogen and oxygen atoms in total. The number of primary amides is 1. The van der Waals surface area contributed by atoms with Crippen LogP contribution in [0.2, 0.25) is 0 Å². The maximum Gasteiger partial charge on any atom is 0.250 e. The average molecular weight is 343 g/mol. The topological polar surface area (TPSA) is 84.2 Å². The summed E-state index contributed by atoms with van der Waals surface area (Å²) in [6.07, 6.45) is 2.79. The van der Waals surface area contributed by atoms with E-state index in [0.717, 1.165) is 0 Å². The molecule has 0 heterocycles. The van der Waals surface area contributed by atoms with E-state index >= 15 is 0 Å². The van der Waals surface area contributed by atoms with Crippen molar-refractivity contribution in [2.24, 2.45) is 5.73 Å². The lowest BCUT2D eigenvalue weighted by Gasteiger charge is -2.10. The Morgan fingerprint density at radius 2 is 1.75 bits per heavy atom. The minimum atomic E-state index is -0.608. The fourth-order valence-corrected chi connectivity index (χ4v) is 2.07. The number of carbonyl (C=O) groups excluding carboxylic acids is 2. The molecule has 0 atom stereocenters. The highest BCUT2D eigenvalue weighted by Gasteiger charge is 2.09. The van der Waals surface area contributed by atoms with Gasteiger partial charge in [-0.2, -0.15) is 0 Å². The van der Waals surface area contributed by atoms with Crippen LogP contribution in [0.4, 0.5) is 10.1 Å². The molecule has 2 aromatic carbocycles. The minimum absolute atomic E-state index is 0.0254. The molecule has 0 saturated heterocycles. The van der Waals surface area contributed by atoms with Gasteiger partial charge in [-0.25, -0.2) is 4.39 Å². The van der Waals surface area contributed by atoms with E-state index in [4.69, 9.17) is 18.0 Å². The molecule has 24 heavy (non-hydrogen) atoms. The zero-order valence-corrected chi connectivity index (χ0v) is 13.3. The van der Waals surface area contributed by atoms with Gasteiger partial charge < -0.3 is 11.1 Å². The number of anilines is 1. The molecule has 0 aliphatic carbocycles. The van der Waals surface area contributed by atoms with E-state index in [0.29, 0.717) is 11.3 Å². The number of amides is 2. The van der Waals surface area contributed by atoms with E-state index in [1.165, 1.54) is 24.3 Å². The minimum Gasteiger partial charge on any atom is -0.366 e. The Balaban J connectivity index is 1.96. The molecular formula is C17H14FN3O2S. The molecule has 0 fully saturated rings. The van der Waals surface area contributed by atoms with E-state index in [1.807, 2.05) is 0 Å².